The number of carboxylic acids is 1. The van der Waals surface area contributed by atoms with Crippen LogP contribution in [0.4, 0.5) is 0 Å². The number of hydrogen-bond acceptors (Lipinski definition) is 4. The highest BCUT2D eigenvalue weighted by Gasteiger charge is 2.21. The van der Waals surface area contributed by atoms with Crippen molar-refractivity contribution in [1.29, 1.82) is 0 Å². The molecule has 2 fully saturated rings. The minimum Gasteiger partial charge on any atom is -0.482 e. The van der Waals surface area contributed by atoms with Gasteiger partial charge < -0.3 is 20.1 Å². The number of likely N-dealkylation sites (tertiary alicyclic amines) is 1. The van der Waals surface area contributed by atoms with E-state index in [0.717, 1.165) is 5.92 Å². The molecule has 5 nitrogen and oxygen atoms in total. The second-order valence-corrected chi connectivity index (χ2v) is 7.35. The predicted molar refractivity (Wildman–Crippen MR) is 113 cm³/mol. The fourth-order valence-corrected chi connectivity index (χ4v) is 4.01. The third-order valence-electron chi connectivity index (χ3n) is 5.61. The van der Waals surface area contributed by atoms with Crippen LogP contribution in [0.1, 0.15) is 43.6 Å². The largest absolute Gasteiger partial charge is 0.482 e. The number of rotatable bonds is 7. The molecule has 0 unspecified atom stereocenters. The third-order valence-corrected chi connectivity index (χ3v) is 5.61. The van der Waals surface area contributed by atoms with E-state index >= 15 is 0 Å². The molecule has 154 valence electrons. The summed E-state index contributed by atoms with van der Waals surface area (Å²) >= 11 is 0. The van der Waals surface area contributed by atoms with Crippen LogP contribution < -0.4 is 10.1 Å². The van der Waals surface area contributed by atoms with E-state index in [4.69, 9.17) is 9.84 Å². The molecule has 2 aliphatic heterocycles. The Kier molecular flexibility index (Phi) is 11.1. The lowest BCUT2D eigenvalue weighted by Crippen LogP contribution is -2.36. The highest BCUT2D eigenvalue weighted by molar-refractivity contribution is 5.85. The summed E-state index contributed by atoms with van der Waals surface area (Å²) < 4.78 is 5.20. The molecule has 0 aliphatic carbocycles. The van der Waals surface area contributed by atoms with E-state index in [2.05, 4.69) is 22.3 Å². The van der Waals surface area contributed by atoms with Gasteiger partial charge in [0.1, 0.15) is 5.75 Å². The van der Waals surface area contributed by atoms with Crippen LogP contribution in [-0.4, -0.2) is 55.3 Å². The fourth-order valence-electron chi connectivity index (χ4n) is 4.01. The number of benzene rings is 1. The van der Waals surface area contributed by atoms with Crippen LogP contribution in [0, 0.1) is 5.92 Å². The van der Waals surface area contributed by atoms with Gasteiger partial charge in [-0.1, -0.05) is 12.1 Å². The lowest BCUT2D eigenvalue weighted by atomic mass is 9.88. The van der Waals surface area contributed by atoms with E-state index in [-0.39, 0.29) is 31.4 Å². The van der Waals surface area contributed by atoms with Gasteiger partial charge in [-0.3, -0.25) is 0 Å². The molecule has 7 heteroatoms. The SMILES string of the molecule is Cl.Cl.O=C(O)COc1ccc(C2CCN(CCC3CCNCC3)CC2)cc1. The number of nitrogens with zero attached hydrogens (tertiary/aromatic N) is 1. The molecule has 2 heterocycles. The third kappa shape index (κ3) is 7.86. The molecule has 2 saturated heterocycles. The number of hydrogen-bond donors (Lipinski definition) is 2. The van der Waals surface area contributed by atoms with E-state index in [1.807, 2.05) is 12.1 Å². The molecular weight excluding hydrogens is 387 g/mol. The maximum Gasteiger partial charge on any atom is 0.341 e. The molecular formula is C20H32Cl2N2O3. The van der Waals surface area contributed by atoms with Gasteiger partial charge in [0.15, 0.2) is 6.61 Å². The van der Waals surface area contributed by atoms with Gasteiger partial charge in [-0.05, 0) is 94.4 Å². The first-order chi connectivity index (χ1) is 12.2. The molecule has 1 aromatic carbocycles. The van der Waals surface area contributed by atoms with Crippen LogP contribution in [0.2, 0.25) is 0 Å². The van der Waals surface area contributed by atoms with Crippen LogP contribution in [0.15, 0.2) is 24.3 Å². The lowest BCUT2D eigenvalue weighted by molar-refractivity contribution is -0.139. The topological polar surface area (TPSA) is 61.8 Å². The summed E-state index contributed by atoms with van der Waals surface area (Å²) in [4.78, 5) is 13.2. The predicted octanol–water partition coefficient (Wildman–Crippen LogP) is 3.56. The summed E-state index contributed by atoms with van der Waals surface area (Å²) in [7, 11) is 0. The van der Waals surface area contributed by atoms with E-state index in [1.165, 1.54) is 70.4 Å². The van der Waals surface area contributed by atoms with Crippen molar-refractivity contribution in [3.8, 4) is 5.75 Å². The van der Waals surface area contributed by atoms with Gasteiger partial charge in [0.05, 0.1) is 0 Å². The first-order valence-corrected chi connectivity index (χ1v) is 9.58. The first kappa shape index (κ1) is 24.0. The van der Waals surface area contributed by atoms with E-state index < -0.39 is 5.97 Å². The van der Waals surface area contributed by atoms with Crippen LogP contribution in [0.5, 0.6) is 5.75 Å². The summed E-state index contributed by atoms with van der Waals surface area (Å²) in [6.45, 7) is 5.73. The maximum atomic E-state index is 10.5. The number of aliphatic carboxylic acids is 1. The first-order valence-electron chi connectivity index (χ1n) is 9.58. The average Bonchev–Trinajstić information content (AvgIpc) is 2.66. The molecule has 0 bridgehead atoms. The van der Waals surface area contributed by atoms with Crippen molar-refractivity contribution in [2.45, 2.75) is 38.0 Å². The summed E-state index contributed by atoms with van der Waals surface area (Å²) in [5.41, 5.74) is 1.35. The van der Waals surface area contributed by atoms with Gasteiger partial charge in [0.2, 0.25) is 0 Å². The molecule has 0 aromatic heterocycles. The summed E-state index contributed by atoms with van der Waals surface area (Å²) in [5.74, 6) is 1.22. The maximum absolute atomic E-state index is 10.5. The molecule has 0 radical (unpaired) electrons. The summed E-state index contributed by atoms with van der Waals surface area (Å²) in [5, 5.41) is 12.1. The van der Waals surface area contributed by atoms with Crippen molar-refractivity contribution < 1.29 is 14.6 Å². The minimum atomic E-state index is -0.944. The summed E-state index contributed by atoms with van der Waals surface area (Å²) in [6, 6.07) is 7.96. The van der Waals surface area contributed by atoms with Crippen LogP contribution >= 0.6 is 24.8 Å². The molecule has 0 amide bonds. The Balaban J connectivity index is 0.00000182. The van der Waals surface area contributed by atoms with Crippen LogP contribution in [0.25, 0.3) is 0 Å². The standard InChI is InChI=1S/C20H30N2O3.2ClH/c23-20(24)15-25-19-3-1-17(2-4-19)18-8-13-22(14-9-18)12-7-16-5-10-21-11-6-16;;/h1-4,16,18,21H,5-15H2,(H,23,24);2*1H. The van der Waals surface area contributed by atoms with Crippen molar-refractivity contribution in [1.82, 2.24) is 10.2 Å². The highest BCUT2D eigenvalue weighted by Crippen LogP contribution is 2.29. The van der Waals surface area contributed by atoms with Crippen molar-refractivity contribution in [2.24, 2.45) is 5.92 Å². The Morgan fingerprint density at radius 1 is 1.07 bits per heavy atom. The quantitative estimate of drug-likeness (QED) is 0.708. The molecule has 0 atom stereocenters. The van der Waals surface area contributed by atoms with Gasteiger partial charge >= 0.3 is 5.97 Å². The molecule has 1 aromatic rings. The number of piperidine rings is 2. The molecule has 2 N–H and O–H groups in total. The number of carbonyl (C=O) groups is 1. The number of halogens is 2. The van der Waals surface area contributed by atoms with Crippen molar-refractivity contribution in [3.63, 3.8) is 0 Å². The smallest absolute Gasteiger partial charge is 0.341 e. The Hall–Kier alpha value is -1.01. The molecule has 0 saturated carbocycles. The van der Waals surface area contributed by atoms with Crippen LogP contribution in [-0.2, 0) is 4.79 Å². The van der Waals surface area contributed by atoms with Crippen LogP contribution in [0.3, 0.4) is 0 Å². The second kappa shape index (κ2) is 12.4. The van der Waals surface area contributed by atoms with Crippen molar-refractivity contribution in [3.05, 3.63) is 29.8 Å². The van der Waals surface area contributed by atoms with E-state index in [9.17, 15) is 4.79 Å². The van der Waals surface area contributed by atoms with E-state index in [0.29, 0.717) is 11.7 Å². The van der Waals surface area contributed by atoms with Gasteiger partial charge in [0, 0.05) is 0 Å². The van der Waals surface area contributed by atoms with E-state index in [1.54, 1.807) is 0 Å². The van der Waals surface area contributed by atoms with Crippen molar-refractivity contribution >= 4 is 30.8 Å². The lowest BCUT2D eigenvalue weighted by Gasteiger charge is -2.33. The normalized spacial score (nSPS) is 19.0. The Morgan fingerprint density at radius 3 is 2.30 bits per heavy atom. The highest BCUT2D eigenvalue weighted by atomic mass is 35.5. The fraction of sp³-hybridized carbons (Fsp3) is 0.650. The monoisotopic (exact) mass is 418 g/mol. The van der Waals surface area contributed by atoms with Gasteiger partial charge in [-0.25, -0.2) is 4.79 Å². The zero-order chi connectivity index (χ0) is 17.5. The van der Waals surface area contributed by atoms with Gasteiger partial charge in [-0.15, -0.1) is 24.8 Å². The molecule has 27 heavy (non-hydrogen) atoms. The Morgan fingerprint density at radius 2 is 1.70 bits per heavy atom. The number of carboxylic acid groups (broad SMARTS) is 1. The molecule has 0 spiro atoms. The Bertz CT molecular complexity index is 543. The summed E-state index contributed by atoms with van der Waals surface area (Å²) in [6.07, 6.45) is 6.45. The minimum absolute atomic E-state index is 0. The average molecular weight is 419 g/mol. The second-order valence-electron chi connectivity index (χ2n) is 7.35. The number of ether oxygens (including phenoxy) is 1. The molecule has 3 rings (SSSR count). The molecule has 2 aliphatic rings. The number of nitrogens with one attached hydrogen (secondary N) is 1. The Labute approximate surface area is 174 Å². The van der Waals surface area contributed by atoms with Crippen molar-refractivity contribution in [2.75, 3.05) is 39.3 Å². The van der Waals surface area contributed by atoms with Gasteiger partial charge in [0.25, 0.3) is 0 Å². The zero-order valence-electron chi connectivity index (χ0n) is 15.8. The van der Waals surface area contributed by atoms with Gasteiger partial charge in [-0.2, -0.15) is 0 Å². The zero-order valence-corrected chi connectivity index (χ0v) is 17.4.